The van der Waals surface area contributed by atoms with Crippen molar-refractivity contribution in [1.82, 2.24) is 19.1 Å². The maximum absolute atomic E-state index is 12.2. The zero-order valence-corrected chi connectivity index (χ0v) is 18.1. The smallest absolute Gasteiger partial charge is 0.356 e. The summed E-state index contributed by atoms with van der Waals surface area (Å²) in [7, 11) is -2.64. The van der Waals surface area contributed by atoms with E-state index in [1.165, 1.54) is 35.6 Å². The molecule has 6 atom stereocenters. The molecule has 0 spiro atoms. The minimum absolute atomic E-state index is 0.0264. The summed E-state index contributed by atoms with van der Waals surface area (Å²) in [5.74, 6) is -1.52. The first-order valence-electron chi connectivity index (χ1n) is 9.53. The second-order valence-corrected chi connectivity index (χ2v) is 9.99. The van der Waals surface area contributed by atoms with E-state index in [1.807, 2.05) is 0 Å². The highest BCUT2D eigenvalue weighted by Crippen LogP contribution is 2.52. The Balaban J connectivity index is 1.81. The van der Waals surface area contributed by atoms with Crippen molar-refractivity contribution in [3.63, 3.8) is 0 Å². The summed E-state index contributed by atoms with van der Waals surface area (Å²) >= 11 is 0. The van der Waals surface area contributed by atoms with Crippen molar-refractivity contribution in [2.24, 2.45) is 7.05 Å². The van der Waals surface area contributed by atoms with Gasteiger partial charge in [0.1, 0.15) is 17.7 Å². The van der Waals surface area contributed by atoms with E-state index in [4.69, 9.17) is 14.7 Å². The van der Waals surface area contributed by atoms with Crippen LogP contribution in [0.5, 0.6) is 0 Å². The first kappa shape index (κ1) is 23.0. The van der Waals surface area contributed by atoms with Crippen molar-refractivity contribution in [2.75, 3.05) is 0 Å². The number of nitrogens with one attached hydrogen (secondary N) is 1. The third kappa shape index (κ3) is 4.22. The van der Waals surface area contributed by atoms with Crippen LogP contribution in [0.2, 0.25) is 0 Å². The molecule has 1 saturated heterocycles. The van der Waals surface area contributed by atoms with E-state index in [9.17, 15) is 24.8 Å². The molecule has 1 aliphatic rings. The van der Waals surface area contributed by atoms with Gasteiger partial charge in [-0.2, -0.15) is 0 Å². The fourth-order valence-electron chi connectivity index (χ4n) is 3.50. The van der Waals surface area contributed by atoms with E-state index in [2.05, 4.69) is 9.97 Å². The van der Waals surface area contributed by atoms with Crippen molar-refractivity contribution >= 4 is 18.8 Å². The molecule has 3 unspecified atom stereocenters. The van der Waals surface area contributed by atoms with Gasteiger partial charge in [-0.1, -0.05) is 6.92 Å². The summed E-state index contributed by atoms with van der Waals surface area (Å²) in [6.07, 6.45) is -1.74. The molecule has 0 aromatic carbocycles. The van der Waals surface area contributed by atoms with Gasteiger partial charge in [0.2, 0.25) is 0 Å². The Morgan fingerprint density at radius 2 is 2.00 bits per heavy atom. The maximum Gasteiger partial charge on any atom is 0.356 e. The molecule has 1 fully saturated rings. The number of aryl methyl sites for hydroxylation is 1. The minimum Gasteiger partial charge on any atom is -0.388 e. The standard InChI is InChI=1S/C17H28N5O7P/c1-5-10(23)30(26,27)29-17(2,3)6-9-12(24)13(25)16(28-9)22-8-19-11-14(18)21(4)7-20-15(11)22/h7-10,12-13,16,18,23-25H,5-6H2,1-4H3,(H,26,27)/t9-,10?,12-,13-,16?/m1/s1. The normalized spacial score (nSPS) is 28.0. The molecule has 2 aromatic heterocycles. The number of fused-ring (bicyclic) bond motifs is 1. The van der Waals surface area contributed by atoms with Crippen molar-refractivity contribution in [3.05, 3.63) is 18.1 Å². The first-order chi connectivity index (χ1) is 13.9. The fraction of sp³-hybridized carbons (Fsp3) is 0.706. The van der Waals surface area contributed by atoms with Gasteiger partial charge in [-0.15, -0.1) is 0 Å². The van der Waals surface area contributed by atoms with Crippen LogP contribution in [-0.4, -0.2) is 69.1 Å². The summed E-state index contributed by atoms with van der Waals surface area (Å²) in [5.41, 5.74) is -0.479. The Labute approximate surface area is 172 Å². The lowest BCUT2D eigenvalue weighted by Crippen LogP contribution is -2.37. The fourth-order valence-corrected chi connectivity index (χ4v) is 4.86. The quantitative estimate of drug-likeness (QED) is 0.366. The van der Waals surface area contributed by atoms with Crippen molar-refractivity contribution in [2.45, 2.75) is 69.6 Å². The van der Waals surface area contributed by atoms with Crippen LogP contribution in [0, 0.1) is 5.41 Å². The number of aliphatic hydroxyl groups excluding tert-OH is 3. The number of hydrogen-bond acceptors (Lipinski definition) is 9. The summed E-state index contributed by atoms with van der Waals surface area (Å²) in [6, 6.07) is 0. The third-order valence-electron chi connectivity index (χ3n) is 5.12. The Morgan fingerprint density at radius 3 is 2.63 bits per heavy atom. The molecule has 13 heteroatoms. The van der Waals surface area contributed by atoms with E-state index in [0.717, 1.165) is 0 Å². The predicted octanol–water partition coefficient (Wildman–Crippen LogP) is -0.0324. The van der Waals surface area contributed by atoms with Gasteiger partial charge < -0.3 is 34.0 Å². The van der Waals surface area contributed by atoms with Crippen LogP contribution in [-0.2, 0) is 20.9 Å². The SMILES string of the molecule is CCC(O)P(=O)(O)OC(C)(C)C[C@H]1OC(n2cnc3c(=N)n(C)cnc32)[C@H](O)[C@@H]1O. The molecule has 1 aliphatic heterocycles. The van der Waals surface area contributed by atoms with Crippen LogP contribution in [0.1, 0.15) is 39.8 Å². The molecular weight excluding hydrogens is 417 g/mol. The number of aliphatic hydroxyl groups is 3. The second-order valence-electron chi connectivity index (χ2n) is 8.08. The van der Waals surface area contributed by atoms with Crippen molar-refractivity contribution < 1.29 is 34.0 Å². The molecule has 0 bridgehead atoms. The number of hydrogen-bond donors (Lipinski definition) is 5. The number of nitrogens with zero attached hydrogens (tertiary/aromatic N) is 4. The average molecular weight is 445 g/mol. The molecule has 168 valence electrons. The monoisotopic (exact) mass is 445 g/mol. The van der Waals surface area contributed by atoms with Gasteiger partial charge in [-0.3, -0.25) is 14.5 Å². The molecule has 3 heterocycles. The molecular formula is C17H28N5O7P. The summed E-state index contributed by atoms with van der Waals surface area (Å²) in [6.45, 7) is 4.63. The predicted molar refractivity (Wildman–Crippen MR) is 104 cm³/mol. The number of rotatable bonds is 7. The average Bonchev–Trinajstić information content (AvgIpc) is 3.19. The largest absolute Gasteiger partial charge is 0.388 e. The van der Waals surface area contributed by atoms with E-state index in [0.29, 0.717) is 11.2 Å². The van der Waals surface area contributed by atoms with Crippen LogP contribution >= 0.6 is 7.60 Å². The third-order valence-corrected chi connectivity index (χ3v) is 7.00. The van der Waals surface area contributed by atoms with Gasteiger partial charge in [-0.25, -0.2) is 9.97 Å². The number of aromatic nitrogens is 4. The molecule has 12 nitrogen and oxygen atoms in total. The van der Waals surface area contributed by atoms with Crippen LogP contribution in [0.4, 0.5) is 0 Å². The Bertz CT molecular complexity index is 1020. The lowest BCUT2D eigenvalue weighted by Gasteiger charge is -2.32. The molecule has 5 N–H and O–H groups in total. The molecule has 0 aliphatic carbocycles. The molecule has 3 rings (SSSR count). The first-order valence-corrected chi connectivity index (χ1v) is 11.2. The lowest BCUT2D eigenvalue weighted by atomic mass is 9.97. The second kappa shape index (κ2) is 8.12. The lowest BCUT2D eigenvalue weighted by molar-refractivity contribution is -0.0617. The minimum atomic E-state index is -4.30. The van der Waals surface area contributed by atoms with Gasteiger partial charge in [0.05, 0.1) is 24.4 Å². The van der Waals surface area contributed by atoms with Crippen molar-refractivity contribution in [1.29, 1.82) is 5.41 Å². The van der Waals surface area contributed by atoms with Gasteiger partial charge in [0.15, 0.2) is 23.2 Å². The van der Waals surface area contributed by atoms with E-state index >= 15 is 0 Å². The summed E-state index contributed by atoms with van der Waals surface area (Å²) in [4.78, 5) is 18.4. The van der Waals surface area contributed by atoms with Gasteiger partial charge in [0.25, 0.3) is 0 Å². The molecule has 30 heavy (non-hydrogen) atoms. The Morgan fingerprint density at radius 1 is 1.33 bits per heavy atom. The van der Waals surface area contributed by atoms with Crippen molar-refractivity contribution in [3.8, 4) is 0 Å². The highest BCUT2D eigenvalue weighted by atomic mass is 31.2. The zero-order valence-electron chi connectivity index (χ0n) is 17.2. The highest BCUT2D eigenvalue weighted by Gasteiger charge is 2.47. The van der Waals surface area contributed by atoms with E-state index in [1.54, 1.807) is 14.0 Å². The summed E-state index contributed by atoms with van der Waals surface area (Å²) in [5, 5.41) is 38.8. The van der Waals surface area contributed by atoms with Crippen LogP contribution in [0.25, 0.3) is 11.2 Å². The molecule has 0 amide bonds. The number of imidazole rings is 1. The van der Waals surface area contributed by atoms with Crippen LogP contribution in [0.15, 0.2) is 12.7 Å². The van der Waals surface area contributed by atoms with Crippen LogP contribution in [0.3, 0.4) is 0 Å². The zero-order chi connectivity index (χ0) is 22.4. The number of ether oxygens (including phenoxy) is 1. The van der Waals surface area contributed by atoms with Crippen LogP contribution < -0.4 is 5.49 Å². The van der Waals surface area contributed by atoms with Gasteiger partial charge in [-0.05, 0) is 20.3 Å². The molecule has 0 radical (unpaired) electrons. The van der Waals surface area contributed by atoms with E-state index < -0.39 is 43.6 Å². The molecule has 2 aromatic rings. The van der Waals surface area contributed by atoms with E-state index in [-0.39, 0.29) is 18.3 Å². The Kier molecular flexibility index (Phi) is 6.23. The van der Waals surface area contributed by atoms with Gasteiger partial charge in [0, 0.05) is 13.5 Å². The highest BCUT2D eigenvalue weighted by molar-refractivity contribution is 7.53. The summed E-state index contributed by atoms with van der Waals surface area (Å²) < 4.78 is 26.3. The van der Waals surface area contributed by atoms with Gasteiger partial charge >= 0.3 is 7.60 Å². The maximum atomic E-state index is 12.2. The Hall–Kier alpha value is -1.66. The topological polar surface area (TPSA) is 176 Å². The molecule has 0 saturated carbocycles.